The Bertz CT molecular complexity index is 650. The maximum absolute atomic E-state index is 12.0. The van der Waals surface area contributed by atoms with Crippen molar-refractivity contribution in [2.24, 2.45) is 0 Å². The Kier molecular flexibility index (Phi) is 6.72. The van der Waals surface area contributed by atoms with Crippen LogP contribution in [0, 0.1) is 0 Å². The van der Waals surface area contributed by atoms with Gasteiger partial charge in [-0.25, -0.2) is 0 Å². The molecule has 1 aromatic carbocycles. The molecule has 24 heavy (non-hydrogen) atoms. The van der Waals surface area contributed by atoms with Crippen LogP contribution in [0.2, 0.25) is 0 Å². The van der Waals surface area contributed by atoms with Gasteiger partial charge in [0.25, 0.3) is 0 Å². The van der Waals surface area contributed by atoms with Crippen LogP contribution in [0.1, 0.15) is 18.7 Å². The van der Waals surface area contributed by atoms with Crippen LogP contribution in [-0.2, 0) is 11.2 Å². The molecule has 0 spiro atoms. The number of aryl methyl sites for hydroxylation is 1. The summed E-state index contributed by atoms with van der Waals surface area (Å²) in [5.74, 6) is 0.843. The van der Waals surface area contributed by atoms with Gasteiger partial charge >= 0.3 is 0 Å². The van der Waals surface area contributed by atoms with Gasteiger partial charge in [-0.15, -0.1) is 12.4 Å². The molecule has 1 aliphatic heterocycles. The number of aliphatic hydroxyl groups excluding tert-OH is 1. The smallest absolute Gasteiger partial charge is 0.227 e. The minimum atomic E-state index is -0.541. The number of carbonyl (C=O) groups is 1. The van der Waals surface area contributed by atoms with E-state index in [1.54, 1.807) is 0 Å². The first-order valence-corrected chi connectivity index (χ1v) is 7.78. The summed E-state index contributed by atoms with van der Waals surface area (Å²) in [4.78, 5) is 16.3. The van der Waals surface area contributed by atoms with Crippen LogP contribution >= 0.6 is 12.4 Å². The van der Waals surface area contributed by atoms with E-state index in [2.05, 4.69) is 20.8 Å². The molecule has 1 fully saturated rings. The summed E-state index contributed by atoms with van der Waals surface area (Å²) in [7, 11) is 0. The number of benzene rings is 1. The van der Waals surface area contributed by atoms with Crippen LogP contribution in [0.4, 0.5) is 0 Å². The molecule has 0 aliphatic carbocycles. The summed E-state index contributed by atoms with van der Waals surface area (Å²) in [5.41, 5.74) is 0.879. The van der Waals surface area contributed by atoms with Gasteiger partial charge in [0.15, 0.2) is 0 Å². The number of nitrogens with zero attached hydrogens (tertiary/aromatic N) is 2. The van der Waals surface area contributed by atoms with Gasteiger partial charge in [-0.05, 0) is 13.0 Å². The molecule has 8 heteroatoms. The van der Waals surface area contributed by atoms with E-state index < -0.39 is 6.10 Å². The molecule has 0 unspecified atom stereocenters. The van der Waals surface area contributed by atoms with Crippen LogP contribution in [0.3, 0.4) is 0 Å². The van der Waals surface area contributed by atoms with E-state index in [0.717, 1.165) is 18.5 Å². The van der Waals surface area contributed by atoms with Gasteiger partial charge < -0.3 is 20.3 Å². The standard InChI is InChI=1S/C16H20N4O3.ClH/c21-13-10-17-9-8-12(13)18-14(22)6-7-15-19-16(20-23-15)11-4-2-1-3-5-11;/h1-5,12-13,17,21H,6-10H2,(H,18,22);1H/t12-,13-;/m1./s1. The summed E-state index contributed by atoms with van der Waals surface area (Å²) >= 11 is 0. The number of halogens is 1. The second-order valence-corrected chi connectivity index (χ2v) is 5.61. The number of amides is 1. The fraction of sp³-hybridized carbons (Fsp3) is 0.438. The number of carbonyl (C=O) groups excluding carboxylic acids is 1. The van der Waals surface area contributed by atoms with Crippen molar-refractivity contribution in [2.75, 3.05) is 13.1 Å². The fourth-order valence-electron chi connectivity index (χ4n) is 2.57. The highest BCUT2D eigenvalue weighted by atomic mass is 35.5. The lowest BCUT2D eigenvalue weighted by Crippen LogP contribution is -2.52. The molecule has 0 radical (unpaired) electrons. The number of aromatic nitrogens is 2. The first-order chi connectivity index (χ1) is 11.2. The number of rotatable bonds is 5. The molecule has 130 valence electrons. The zero-order chi connectivity index (χ0) is 16.1. The molecule has 0 bridgehead atoms. The van der Waals surface area contributed by atoms with E-state index >= 15 is 0 Å². The molecule has 2 atom stereocenters. The maximum atomic E-state index is 12.0. The van der Waals surface area contributed by atoms with Gasteiger partial charge in [-0.3, -0.25) is 4.79 Å². The quantitative estimate of drug-likeness (QED) is 0.740. The van der Waals surface area contributed by atoms with E-state index in [0.29, 0.717) is 24.7 Å². The molecule has 3 N–H and O–H groups in total. The number of nitrogens with one attached hydrogen (secondary N) is 2. The minimum absolute atomic E-state index is 0. The topological polar surface area (TPSA) is 100 Å². The average molecular weight is 353 g/mol. The lowest BCUT2D eigenvalue weighted by Gasteiger charge is -2.29. The number of hydrogen-bond donors (Lipinski definition) is 3. The van der Waals surface area contributed by atoms with Crippen LogP contribution in [-0.4, -0.2) is 46.4 Å². The molecule has 1 aromatic heterocycles. The Morgan fingerprint density at radius 3 is 2.92 bits per heavy atom. The summed E-state index contributed by atoms with van der Waals surface area (Å²) in [6.07, 6.45) is 0.826. The summed E-state index contributed by atoms with van der Waals surface area (Å²) in [6.45, 7) is 1.31. The number of aliphatic hydroxyl groups is 1. The van der Waals surface area contributed by atoms with Gasteiger partial charge in [0.05, 0.1) is 12.1 Å². The molecular weight excluding hydrogens is 332 g/mol. The molecule has 2 heterocycles. The van der Waals surface area contributed by atoms with Gasteiger partial charge in [0.2, 0.25) is 17.6 Å². The van der Waals surface area contributed by atoms with E-state index in [1.165, 1.54) is 0 Å². The molecule has 3 rings (SSSR count). The van der Waals surface area contributed by atoms with E-state index in [1.807, 2.05) is 30.3 Å². The molecule has 1 aliphatic rings. The lowest BCUT2D eigenvalue weighted by molar-refractivity contribution is -0.123. The van der Waals surface area contributed by atoms with Crippen molar-refractivity contribution >= 4 is 18.3 Å². The highest BCUT2D eigenvalue weighted by Crippen LogP contribution is 2.15. The Hall–Kier alpha value is -1.96. The van der Waals surface area contributed by atoms with Gasteiger partial charge in [0, 0.05) is 24.9 Å². The van der Waals surface area contributed by atoms with Crippen molar-refractivity contribution in [1.82, 2.24) is 20.8 Å². The Balaban J connectivity index is 0.00000208. The third-order valence-corrected chi connectivity index (χ3v) is 3.86. The summed E-state index contributed by atoms with van der Waals surface area (Å²) in [5, 5.41) is 19.7. The highest BCUT2D eigenvalue weighted by Gasteiger charge is 2.24. The van der Waals surface area contributed by atoms with Crippen molar-refractivity contribution in [2.45, 2.75) is 31.4 Å². The fourth-order valence-corrected chi connectivity index (χ4v) is 2.57. The third kappa shape index (κ3) is 4.77. The van der Waals surface area contributed by atoms with E-state index in [9.17, 15) is 9.90 Å². The molecule has 0 saturated carbocycles. The zero-order valence-electron chi connectivity index (χ0n) is 13.1. The summed E-state index contributed by atoms with van der Waals surface area (Å²) in [6, 6.07) is 9.35. The van der Waals surface area contributed by atoms with Crippen LogP contribution < -0.4 is 10.6 Å². The number of piperidine rings is 1. The van der Waals surface area contributed by atoms with Crippen molar-refractivity contribution in [3.63, 3.8) is 0 Å². The van der Waals surface area contributed by atoms with Crippen molar-refractivity contribution in [1.29, 1.82) is 0 Å². The SMILES string of the molecule is Cl.O=C(CCc1nc(-c2ccccc2)no1)N[C@@H]1CCNC[C@H]1O. The summed E-state index contributed by atoms with van der Waals surface area (Å²) < 4.78 is 5.18. The average Bonchev–Trinajstić information content (AvgIpc) is 3.05. The van der Waals surface area contributed by atoms with E-state index in [-0.39, 0.29) is 30.8 Å². The monoisotopic (exact) mass is 352 g/mol. The first kappa shape index (κ1) is 18.4. The predicted octanol–water partition coefficient (Wildman–Crippen LogP) is 0.930. The third-order valence-electron chi connectivity index (χ3n) is 3.86. The number of β-amino-alcohol motifs (C(OH)–C–C–N with tert-alkyl or cyclic N) is 1. The second-order valence-electron chi connectivity index (χ2n) is 5.61. The Labute approximate surface area is 146 Å². The zero-order valence-corrected chi connectivity index (χ0v) is 14.0. The predicted molar refractivity (Wildman–Crippen MR) is 90.7 cm³/mol. The molecular formula is C16H21ClN4O3. The molecule has 1 saturated heterocycles. The van der Waals surface area contributed by atoms with Crippen molar-refractivity contribution in [3.8, 4) is 11.4 Å². The first-order valence-electron chi connectivity index (χ1n) is 7.78. The Morgan fingerprint density at radius 2 is 2.17 bits per heavy atom. The molecule has 2 aromatic rings. The second kappa shape index (κ2) is 8.77. The lowest BCUT2D eigenvalue weighted by atomic mass is 10.0. The number of hydrogen-bond acceptors (Lipinski definition) is 6. The van der Waals surface area contributed by atoms with Crippen LogP contribution in [0.5, 0.6) is 0 Å². The highest BCUT2D eigenvalue weighted by molar-refractivity contribution is 5.85. The van der Waals surface area contributed by atoms with Crippen molar-refractivity contribution < 1.29 is 14.4 Å². The van der Waals surface area contributed by atoms with Gasteiger partial charge in [-0.2, -0.15) is 4.98 Å². The normalized spacial score (nSPS) is 20.2. The minimum Gasteiger partial charge on any atom is -0.390 e. The van der Waals surface area contributed by atoms with Gasteiger partial charge in [0.1, 0.15) is 0 Å². The van der Waals surface area contributed by atoms with Crippen LogP contribution in [0.15, 0.2) is 34.9 Å². The van der Waals surface area contributed by atoms with Crippen LogP contribution in [0.25, 0.3) is 11.4 Å². The van der Waals surface area contributed by atoms with Crippen molar-refractivity contribution in [3.05, 3.63) is 36.2 Å². The van der Waals surface area contributed by atoms with E-state index in [4.69, 9.17) is 4.52 Å². The molecule has 1 amide bonds. The largest absolute Gasteiger partial charge is 0.390 e. The Morgan fingerprint density at radius 1 is 1.38 bits per heavy atom. The molecule has 7 nitrogen and oxygen atoms in total. The maximum Gasteiger partial charge on any atom is 0.227 e. The van der Waals surface area contributed by atoms with Gasteiger partial charge in [-0.1, -0.05) is 35.5 Å².